The van der Waals surface area contributed by atoms with E-state index in [1.54, 1.807) is 25.7 Å². The molecule has 0 saturated heterocycles. The van der Waals surface area contributed by atoms with Crippen molar-refractivity contribution in [1.82, 2.24) is 0 Å². The summed E-state index contributed by atoms with van der Waals surface area (Å²) in [7, 11) is 1.36. The molecule has 0 nitrogen and oxygen atoms in total. The molecule has 0 heterocycles. The molecule has 182 valence electrons. The van der Waals surface area contributed by atoms with Crippen LogP contribution in [0.5, 0.6) is 0 Å². The van der Waals surface area contributed by atoms with Crippen molar-refractivity contribution in [2.45, 2.75) is 151 Å². The minimum absolute atomic E-state index is 0.876. The van der Waals surface area contributed by atoms with Crippen LogP contribution in [0, 0.1) is 0 Å². The van der Waals surface area contributed by atoms with Crippen molar-refractivity contribution < 1.29 is 0 Å². The van der Waals surface area contributed by atoms with E-state index < -0.39 is 7.14 Å². The first-order valence-corrected chi connectivity index (χ1v) is 18.0. The second kappa shape index (κ2) is 11.7. The average Bonchev–Trinajstić information content (AvgIpc) is 2.91. The Morgan fingerprint density at radius 3 is 1.39 bits per heavy atom. The zero-order chi connectivity index (χ0) is 22.5. The quantitative estimate of drug-likeness (QED) is 0.300. The molecule has 0 unspecified atom stereocenters. The Balaban J connectivity index is 1.57. The van der Waals surface area contributed by atoms with Crippen LogP contribution in [0.4, 0.5) is 0 Å². The molecule has 0 amide bonds. The van der Waals surface area contributed by atoms with E-state index in [0.717, 1.165) is 29.7 Å². The molecule has 4 aliphatic carbocycles. The van der Waals surface area contributed by atoms with Crippen molar-refractivity contribution in [1.29, 1.82) is 0 Å². The molecule has 33 heavy (non-hydrogen) atoms. The predicted molar refractivity (Wildman–Crippen MR) is 156 cm³/mol. The van der Waals surface area contributed by atoms with Gasteiger partial charge in [0.15, 0.2) is 0 Å². The summed E-state index contributed by atoms with van der Waals surface area (Å²) in [4.78, 5) is 0. The zero-order valence-corrected chi connectivity index (χ0v) is 22.8. The Morgan fingerprint density at radius 1 is 0.545 bits per heavy atom. The fraction of sp³-hybridized carbons (Fsp3) is 0.800. The molecule has 0 aliphatic heterocycles. The summed E-state index contributed by atoms with van der Waals surface area (Å²) in [6, 6.07) is 10.3. The standard InChI is InChI=1S/C30H51B2P/c31-33(27-19-9-3-10-20-27,28-21-11-4-12-22-28)30-24-14-13-23-29(30)32(25-15-5-1-6-16-25)26-17-7-2-8-18-26/h13-14,23-28,33H,1-12,15-22,31H2. The third kappa shape index (κ3) is 5.32. The second-order valence-electron chi connectivity index (χ2n) is 12.9. The maximum absolute atomic E-state index is 2.91. The molecule has 1 aromatic rings. The van der Waals surface area contributed by atoms with Crippen LogP contribution in [-0.4, -0.2) is 25.6 Å². The van der Waals surface area contributed by atoms with Crippen LogP contribution in [0.1, 0.15) is 128 Å². The number of hydrogen-bond acceptors (Lipinski definition) is 0. The van der Waals surface area contributed by atoms with E-state index in [1.165, 1.54) is 103 Å². The molecule has 0 spiro atoms. The number of benzene rings is 1. The SMILES string of the molecule is B[PH](c1ccccc1B(C1CCCCC1)C1CCCCC1)(C1CCCCC1)C1CCCCC1. The summed E-state index contributed by atoms with van der Waals surface area (Å²) in [5.74, 6) is 1.94. The van der Waals surface area contributed by atoms with E-state index >= 15 is 0 Å². The van der Waals surface area contributed by atoms with Crippen LogP contribution in [0.25, 0.3) is 0 Å². The molecule has 5 rings (SSSR count). The van der Waals surface area contributed by atoms with Gasteiger partial charge in [0.1, 0.15) is 0 Å². The van der Waals surface area contributed by atoms with Crippen LogP contribution < -0.4 is 10.8 Å². The monoisotopic (exact) mass is 464 g/mol. The maximum atomic E-state index is 2.91. The van der Waals surface area contributed by atoms with E-state index in [1.807, 2.05) is 10.8 Å². The summed E-state index contributed by atoms with van der Waals surface area (Å²) in [5.41, 5.74) is 4.00. The first-order chi connectivity index (χ1) is 16.3. The number of hydrogen-bond donors (Lipinski definition) is 0. The van der Waals surface area contributed by atoms with Gasteiger partial charge in [-0.2, -0.15) is 0 Å². The fourth-order valence-electron chi connectivity index (χ4n) is 9.34. The van der Waals surface area contributed by atoms with Crippen LogP contribution >= 0.6 is 7.14 Å². The van der Waals surface area contributed by atoms with Gasteiger partial charge in [0.05, 0.1) is 0 Å². The van der Waals surface area contributed by atoms with Crippen molar-refractivity contribution in [2.75, 3.05) is 0 Å². The van der Waals surface area contributed by atoms with E-state index in [2.05, 4.69) is 31.8 Å². The van der Waals surface area contributed by atoms with Crippen LogP contribution in [0.3, 0.4) is 0 Å². The summed E-state index contributed by atoms with van der Waals surface area (Å²) in [6.45, 7) is 0.876. The van der Waals surface area contributed by atoms with Crippen molar-refractivity contribution in [3.8, 4) is 0 Å². The van der Waals surface area contributed by atoms with Gasteiger partial charge >= 0.3 is 208 Å². The van der Waals surface area contributed by atoms with E-state index in [4.69, 9.17) is 0 Å². The van der Waals surface area contributed by atoms with Gasteiger partial charge in [-0.1, -0.05) is 0 Å². The number of rotatable bonds is 6. The molecule has 4 fully saturated rings. The summed E-state index contributed by atoms with van der Waals surface area (Å²) >= 11 is 0. The predicted octanol–water partition coefficient (Wildman–Crippen LogP) is 7.65. The Labute approximate surface area is 207 Å². The van der Waals surface area contributed by atoms with E-state index in [0.29, 0.717) is 0 Å². The molecule has 3 heteroatoms. The molecule has 0 atom stereocenters. The van der Waals surface area contributed by atoms with Gasteiger partial charge in [-0.25, -0.2) is 0 Å². The molecule has 0 aromatic heterocycles. The topological polar surface area (TPSA) is 0 Å². The van der Waals surface area contributed by atoms with Gasteiger partial charge in [0.2, 0.25) is 0 Å². The first-order valence-electron chi connectivity index (χ1n) is 15.4. The molecular formula is C30H51B2P. The van der Waals surface area contributed by atoms with Crippen LogP contribution in [-0.2, 0) is 0 Å². The summed E-state index contributed by atoms with van der Waals surface area (Å²) in [5, 5.41) is 1.98. The summed E-state index contributed by atoms with van der Waals surface area (Å²) < 4.78 is 0. The first kappa shape index (κ1) is 24.5. The van der Waals surface area contributed by atoms with Crippen molar-refractivity contribution in [3.05, 3.63) is 24.3 Å². The van der Waals surface area contributed by atoms with Crippen LogP contribution in [0.15, 0.2) is 24.3 Å². The van der Waals surface area contributed by atoms with Gasteiger partial charge in [-0.15, -0.1) is 0 Å². The van der Waals surface area contributed by atoms with Gasteiger partial charge in [-0.3, -0.25) is 0 Å². The Bertz CT molecular complexity index is 689. The molecule has 1 aromatic carbocycles. The molecule has 4 aliphatic rings. The molecule has 0 N–H and O–H groups in total. The van der Waals surface area contributed by atoms with E-state index in [9.17, 15) is 0 Å². The van der Waals surface area contributed by atoms with Crippen molar-refractivity contribution in [3.63, 3.8) is 0 Å². The van der Waals surface area contributed by atoms with Gasteiger partial charge in [0, 0.05) is 0 Å². The zero-order valence-electron chi connectivity index (χ0n) is 21.8. The fourth-order valence-corrected chi connectivity index (χ4v) is 15.4. The Hall–Kier alpha value is -0.220. The second-order valence-corrected chi connectivity index (χ2v) is 17.6. The van der Waals surface area contributed by atoms with Crippen molar-refractivity contribution >= 4 is 32.2 Å². The van der Waals surface area contributed by atoms with Gasteiger partial charge in [-0.05, 0) is 0 Å². The normalized spacial score (nSPS) is 25.7. The minimum atomic E-state index is -1.56. The molecule has 4 saturated carbocycles. The average molecular weight is 464 g/mol. The van der Waals surface area contributed by atoms with Gasteiger partial charge in [0.25, 0.3) is 0 Å². The van der Waals surface area contributed by atoms with E-state index in [-0.39, 0.29) is 0 Å². The molecule has 0 bridgehead atoms. The molecular weight excluding hydrogens is 413 g/mol. The van der Waals surface area contributed by atoms with Gasteiger partial charge < -0.3 is 0 Å². The molecule has 0 radical (unpaired) electrons. The van der Waals surface area contributed by atoms with Crippen molar-refractivity contribution in [2.24, 2.45) is 0 Å². The Kier molecular flexibility index (Phi) is 8.66. The summed E-state index contributed by atoms with van der Waals surface area (Å²) in [6.07, 6.45) is 30.3. The Morgan fingerprint density at radius 2 is 0.939 bits per heavy atom. The third-order valence-corrected chi connectivity index (χ3v) is 17.3. The van der Waals surface area contributed by atoms with Crippen LogP contribution in [0.2, 0.25) is 11.6 Å². The third-order valence-electron chi connectivity index (χ3n) is 11.1.